The summed E-state index contributed by atoms with van der Waals surface area (Å²) < 4.78 is 26.1. The number of hydrogen-bond acceptors (Lipinski definition) is 2. The minimum absolute atomic E-state index is 0.226. The Labute approximate surface area is 107 Å². The van der Waals surface area contributed by atoms with Crippen LogP contribution in [-0.2, 0) is 4.79 Å². The standard InChI is InChI=1S/C13H11F2NO3/c14-8-2-4-10(11(15)6-8)12(17)16-9-3-1-7(5-9)13(18)19/h1-4,6-7,9H,5H2,(H,16,17)(H,18,19). The average Bonchev–Trinajstić information content (AvgIpc) is 2.77. The number of carbonyl (C=O) groups is 2. The molecular weight excluding hydrogens is 256 g/mol. The van der Waals surface area contributed by atoms with Crippen molar-refractivity contribution >= 4 is 11.9 Å². The lowest BCUT2D eigenvalue weighted by Gasteiger charge is -2.12. The van der Waals surface area contributed by atoms with Crippen molar-refractivity contribution in [2.24, 2.45) is 5.92 Å². The van der Waals surface area contributed by atoms with Crippen LogP contribution in [0.3, 0.4) is 0 Å². The van der Waals surface area contributed by atoms with Gasteiger partial charge in [0.2, 0.25) is 0 Å². The molecule has 0 bridgehead atoms. The van der Waals surface area contributed by atoms with Gasteiger partial charge in [-0.2, -0.15) is 0 Å². The molecule has 0 spiro atoms. The molecule has 0 fully saturated rings. The first-order valence-corrected chi connectivity index (χ1v) is 5.64. The Bertz CT molecular complexity index is 557. The quantitative estimate of drug-likeness (QED) is 0.819. The van der Waals surface area contributed by atoms with E-state index in [0.717, 1.165) is 12.1 Å². The third-order valence-electron chi connectivity index (χ3n) is 2.89. The minimum atomic E-state index is -0.971. The Morgan fingerprint density at radius 1 is 1.26 bits per heavy atom. The predicted molar refractivity (Wildman–Crippen MR) is 62.5 cm³/mol. The highest BCUT2D eigenvalue weighted by Crippen LogP contribution is 2.19. The fourth-order valence-corrected chi connectivity index (χ4v) is 1.91. The lowest BCUT2D eigenvalue weighted by atomic mass is 10.1. The van der Waals surface area contributed by atoms with Crippen molar-refractivity contribution in [3.63, 3.8) is 0 Å². The molecule has 100 valence electrons. The molecule has 1 aliphatic carbocycles. The number of benzene rings is 1. The second kappa shape index (κ2) is 5.17. The number of hydrogen-bond donors (Lipinski definition) is 2. The van der Waals surface area contributed by atoms with Gasteiger partial charge in [-0.05, 0) is 18.6 Å². The van der Waals surface area contributed by atoms with E-state index >= 15 is 0 Å². The van der Waals surface area contributed by atoms with E-state index in [1.54, 1.807) is 6.08 Å². The zero-order chi connectivity index (χ0) is 14.0. The van der Waals surface area contributed by atoms with E-state index < -0.39 is 35.5 Å². The van der Waals surface area contributed by atoms with Crippen molar-refractivity contribution < 1.29 is 23.5 Å². The number of rotatable bonds is 3. The zero-order valence-corrected chi connectivity index (χ0v) is 9.77. The lowest BCUT2D eigenvalue weighted by molar-refractivity contribution is -0.140. The molecule has 1 amide bonds. The van der Waals surface area contributed by atoms with Gasteiger partial charge in [0.1, 0.15) is 11.6 Å². The third-order valence-corrected chi connectivity index (χ3v) is 2.89. The van der Waals surface area contributed by atoms with Crippen LogP contribution < -0.4 is 5.32 Å². The fraction of sp³-hybridized carbons (Fsp3) is 0.231. The van der Waals surface area contributed by atoms with Crippen LogP contribution >= 0.6 is 0 Å². The summed E-state index contributed by atoms with van der Waals surface area (Å²) in [5.74, 6) is -4.03. The van der Waals surface area contributed by atoms with E-state index in [1.165, 1.54) is 6.08 Å². The van der Waals surface area contributed by atoms with E-state index in [9.17, 15) is 18.4 Å². The van der Waals surface area contributed by atoms with Gasteiger partial charge in [0, 0.05) is 12.1 Å². The molecule has 0 saturated heterocycles. The molecule has 1 aliphatic rings. The second-order valence-electron chi connectivity index (χ2n) is 4.27. The molecule has 4 nitrogen and oxygen atoms in total. The summed E-state index contributed by atoms with van der Waals surface area (Å²) in [6, 6.07) is 2.20. The Balaban J connectivity index is 2.03. The predicted octanol–water partition coefficient (Wildman–Crippen LogP) is 1.72. The minimum Gasteiger partial charge on any atom is -0.481 e. The van der Waals surface area contributed by atoms with Crippen LogP contribution in [0.1, 0.15) is 16.8 Å². The normalized spacial score (nSPS) is 21.4. The second-order valence-corrected chi connectivity index (χ2v) is 4.27. The summed E-state index contributed by atoms with van der Waals surface area (Å²) in [6.45, 7) is 0. The van der Waals surface area contributed by atoms with Gasteiger partial charge in [0.15, 0.2) is 0 Å². The molecule has 1 aromatic rings. The highest BCUT2D eigenvalue weighted by Gasteiger charge is 2.26. The van der Waals surface area contributed by atoms with Crippen LogP contribution in [0.25, 0.3) is 0 Å². The van der Waals surface area contributed by atoms with Gasteiger partial charge in [-0.25, -0.2) is 8.78 Å². The summed E-state index contributed by atoms with van der Waals surface area (Å²) >= 11 is 0. The number of carbonyl (C=O) groups excluding carboxylic acids is 1. The number of carboxylic acid groups (broad SMARTS) is 1. The van der Waals surface area contributed by atoms with Gasteiger partial charge in [0.05, 0.1) is 11.5 Å². The molecular formula is C13H11F2NO3. The molecule has 2 atom stereocenters. The molecule has 0 aliphatic heterocycles. The third kappa shape index (κ3) is 2.96. The number of nitrogens with one attached hydrogen (secondary N) is 1. The number of halogens is 2. The summed E-state index contributed by atoms with van der Waals surface area (Å²) in [5.41, 5.74) is -0.270. The molecule has 0 aromatic heterocycles. The fourth-order valence-electron chi connectivity index (χ4n) is 1.91. The molecule has 2 unspecified atom stereocenters. The maximum absolute atomic E-state index is 13.4. The highest BCUT2D eigenvalue weighted by atomic mass is 19.1. The topological polar surface area (TPSA) is 66.4 Å². The van der Waals surface area contributed by atoms with E-state index in [2.05, 4.69) is 5.32 Å². The first-order valence-electron chi connectivity index (χ1n) is 5.64. The van der Waals surface area contributed by atoms with Crippen molar-refractivity contribution in [1.82, 2.24) is 5.32 Å². The van der Waals surface area contributed by atoms with Gasteiger partial charge < -0.3 is 10.4 Å². The molecule has 19 heavy (non-hydrogen) atoms. The van der Waals surface area contributed by atoms with Crippen molar-refractivity contribution in [3.8, 4) is 0 Å². The summed E-state index contributed by atoms with van der Waals surface area (Å²) in [7, 11) is 0. The summed E-state index contributed by atoms with van der Waals surface area (Å²) in [4.78, 5) is 22.5. The van der Waals surface area contributed by atoms with Crippen molar-refractivity contribution in [1.29, 1.82) is 0 Å². The molecule has 0 heterocycles. The summed E-state index contributed by atoms with van der Waals surface area (Å²) in [6.07, 6.45) is 3.26. The van der Waals surface area contributed by atoms with Crippen LogP contribution in [0.15, 0.2) is 30.4 Å². The number of amides is 1. The van der Waals surface area contributed by atoms with Gasteiger partial charge in [-0.3, -0.25) is 9.59 Å². The van der Waals surface area contributed by atoms with Gasteiger partial charge in [-0.15, -0.1) is 0 Å². The molecule has 1 aromatic carbocycles. The Kier molecular flexibility index (Phi) is 3.59. The van der Waals surface area contributed by atoms with E-state index in [4.69, 9.17) is 5.11 Å². The maximum Gasteiger partial charge on any atom is 0.310 e. The van der Waals surface area contributed by atoms with Crippen molar-refractivity contribution in [3.05, 3.63) is 47.5 Å². The Hall–Kier alpha value is -2.24. The number of aliphatic carboxylic acids is 1. The van der Waals surface area contributed by atoms with E-state index in [-0.39, 0.29) is 12.0 Å². The first-order chi connectivity index (χ1) is 8.97. The monoisotopic (exact) mass is 267 g/mol. The van der Waals surface area contributed by atoms with Crippen LogP contribution in [0.2, 0.25) is 0 Å². The van der Waals surface area contributed by atoms with E-state index in [0.29, 0.717) is 6.07 Å². The van der Waals surface area contributed by atoms with Gasteiger partial charge in [-0.1, -0.05) is 12.2 Å². The smallest absolute Gasteiger partial charge is 0.310 e. The SMILES string of the molecule is O=C(NC1C=CC(C(=O)O)C1)c1ccc(F)cc1F. The molecule has 2 rings (SSSR count). The molecule has 2 N–H and O–H groups in total. The lowest BCUT2D eigenvalue weighted by Crippen LogP contribution is -2.33. The Morgan fingerprint density at radius 2 is 2.00 bits per heavy atom. The largest absolute Gasteiger partial charge is 0.481 e. The molecule has 0 radical (unpaired) electrons. The average molecular weight is 267 g/mol. The molecule has 0 saturated carbocycles. The van der Waals surface area contributed by atoms with Gasteiger partial charge >= 0.3 is 5.97 Å². The Morgan fingerprint density at radius 3 is 2.58 bits per heavy atom. The molecule has 6 heteroatoms. The van der Waals surface area contributed by atoms with Crippen molar-refractivity contribution in [2.75, 3.05) is 0 Å². The van der Waals surface area contributed by atoms with Gasteiger partial charge in [0.25, 0.3) is 5.91 Å². The van der Waals surface area contributed by atoms with E-state index in [1.807, 2.05) is 0 Å². The zero-order valence-electron chi connectivity index (χ0n) is 9.77. The first kappa shape index (κ1) is 13.2. The highest BCUT2D eigenvalue weighted by molar-refractivity contribution is 5.94. The van der Waals surface area contributed by atoms with Crippen LogP contribution in [-0.4, -0.2) is 23.0 Å². The maximum atomic E-state index is 13.4. The van der Waals surface area contributed by atoms with Crippen LogP contribution in [0.5, 0.6) is 0 Å². The van der Waals surface area contributed by atoms with Crippen LogP contribution in [0.4, 0.5) is 8.78 Å². The summed E-state index contributed by atoms with van der Waals surface area (Å²) in [5, 5.41) is 11.3. The van der Waals surface area contributed by atoms with Crippen LogP contribution in [0, 0.1) is 17.6 Å². The van der Waals surface area contributed by atoms with Crippen molar-refractivity contribution in [2.45, 2.75) is 12.5 Å². The number of carboxylic acids is 1.